The van der Waals surface area contributed by atoms with Crippen LogP contribution in [0.5, 0.6) is 11.5 Å². The van der Waals surface area contributed by atoms with E-state index in [1.165, 1.54) is 44.4 Å². The molecule has 3 N–H and O–H groups in total. The maximum atomic E-state index is 11.5. The van der Waals surface area contributed by atoms with Gasteiger partial charge in [0.15, 0.2) is 0 Å². The number of methoxy groups -OCH3 is 1. The smallest absolute Gasteiger partial charge is 0.294 e. The molecule has 3 aromatic carbocycles. The third-order valence-electron chi connectivity index (χ3n) is 4.25. The fourth-order valence-corrected chi connectivity index (χ4v) is 4.06. The second-order valence-electron chi connectivity index (χ2n) is 6.26. The first kappa shape index (κ1) is 29.0. The quantitative estimate of drug-likeness (QED) is 0.275. The van der Waals surface area contributed by atoms with E-state index in [9.17, 15) is 31.0 Å². The molecule has 32 heavy (non-hydrogen) atoms. The summed E-state index contributed by atoms with van der Waals surface area (Å²) in [4.78, 5) is -0.661. The molecule has 0 saturated heterocycles. The number of aryl methyl sites for hydroxylation is 1. The van der Waals surface area contributed by atoms with E-state index in [1.54, 1.807) is 0 Å². The molecular weight excluding hydrogens is 482 g/mol. The van der Waals surface area contributed by atoms with Crippen molar-refractivity contribution in [1.29, 1.82) is 0 Å². The fraction of sp³-hybridized carbons (Fsp3) is 0.111. The van der Waals surface area contributed by atoms with Crippen molar-refractivity contribution in [2.75, 3.05) is 7.11 Å². The van der Waals surface area contributed by atoms with Gasteiger partial charge in [0.05, 0.1) is 12.0 Å². The molecule has 0 bridgehead atoms. The molecule has 0 aliphatic rings. The summed E-state index contributed by atoms with van der Waals surface area (Å²) >= 11 is 0. The van der Waals surface area contributed by atoms with Crippen LogP contribution in [0.4, 0.5) is 11.4 Å². The predicted octanol–water partition coefficient (Wildman–Crippen LogP) is 3.01. The normalized spacial score (nSPS) is 11.8. The van der Waals surface area contributed by atoms with Gasteiger partial charge in [0, 0.05) is 70.6 Å². The maximum Gasteiger partial charge on any atom is 0.294 e. The van der Waals surface area contributed by atoms with E-state index in [0.29, 0.717) is 10.8 Å². The summed E-state index contributed by atoms with van der Waals surface area (Å²) in [6.45, 7) is 1.45. The first-order chi connectivity index (χ1) is 13.9. The van der Waals surface area contributed by atoms with Crippen molar-refractivity contribution in [2.45, 2.75) is 16.7 Å². The third kappa shape index (κ3) is 6.29. The number of nitrogens with zero attached hydrogens (tertiary/aromatic N) is 2. The third-order valence-corrected chi connectivity index (χ3v) is 6.10. The molecule has 0 amide bonds. The molecule has 0 aliphatic heterocycles. The molecule has 14 heteroatoms. The Morgan fingerprint density at radius 2 is 1.53 bits per heavy atom. The Kier molecular flexibility index (Phi) is 9.88. The number of benzene rings is 3. The van der Waals surface area contributed by atoms with Gasteiger partial charge in [0.25, 0.3) is 20.2 Å². The molecule has 0 spiro atoms. The Morgan fingerprint density at radius 3 is 2.09 bits per heavy atom. The van der Waals surface area contributed by atoms with Gasteiger partial charge >= 0.3 is 0 Å². The van der Waals surface area contributed by atoms with Gasteiger partial charge in [-0.1, -0.05) is 12.1 Å². The van der Waals surface area contributed by atoms with E-state index in [-0.39, 0.29) is 97.3 Å². The van der Waals surface area contributed by atoms with Crippen molar-refractivity contribution in [3.8, 4) is 11.5 Å². The molecular formula is C18H16N2Na2O8S2. The zero-order valence-corrected chi connectivity index (χ0v) is 23.3. The predicted molar refractivity (Wildman–Crippen MR) is 119 cm³/mol. The summed E-state index contributed by atoms with van der Waals surface area (Å²) in [5.74, 6) is -0.221. The van der Waals surface area contributed by atoms with Crippen molar-refractivity contribution in [3.63, 3.8) is 0 Å². The molecule has 160 valence electrons. The Bertz CT molecular complexity index is 1410. The van der Waals surface area contributed by atoms with Gasteiger partial charge in [0.1, 0.15) is 27.8 Å². The Hall–Kier alpha value is -1.06. The molecule has 0 aliphatic carbocycles. The average molecular weight is 498 g/mol. The van der Waals surface area contributed by atoms with Crippen molar-refractivity contribution >= 4 is 101 Å². The maximum absolute atomic E-state index is 11.5. The molecule has 0 heterocycles. The molecule has 0 atom stereocenters. The van der Waals surface area contributed by atoms with Crippen molar-refractivity contribution < 1.29 is 35.8 Å². The molecule has 0 aromatic heterocycles. The van der Waals surface area contributed by atoms with Crippen LogP contribution in [0.2, 0.25) is 0 Å². The van der Waals surface area contributed by atoms with Crippen LogP contribution >= 0.6 is 0 Å². The van der Waals surface area contributed by atoms with E-state index in [0.717, 1.165) is 12.1 Å². The second kappa shape index (κ2) is 10.9. The van der Waals surface area contributed by atoms with Gasteiger partial charge < -0.3 is 9.84 Å². The van der Waals surface area contributed by atoms with E-state index >= 15 is 0 Å². The van der Waals surface area contributed by atoms with Crippen LogP contribution < -0.4 is 4.74 Å². The van der Waals surface area contributed by atoms with Gasteiger partial charge in [-0.25, -0.2) is 0 Å². The van der Waals surface area contributed by atoms with Crippen molar-refractivity contribution in [1.82, 2.24) is 0 Å². The SMILES string of the molecule is COc1cc(S(=O)(=O)O)c(C)cc1N=Nc1c(O)ccc2cc(S(=O)(=O)O)ccc12.[Na].[Na]. The number of rotatable bonds is 5. The van der Waals surface area contributed by atoms with Gasteiger partial charge in [-0.3, -0.25) is 9.11 Å². The molecule has 10 nitrogen and oxygen atoms in total. The van der Waals surface area contributed by atoms with E-state index in [2.05, 4.69) is 10.2 Å². The number of hydrogen-bond donors (Lipinski definition) is 3. The first-order valence-corrected chi connectivity index (χ1v) is 11.1. The summed E-state index contributed by atoms with van der Waals surface area (Å²) in [7, 11) is -7.59. The van der Waals surface area contributed by atoms with Gasteiger partial charge in [0.2, 0.25) is 0 Å². The summed E-state index contributed by atoms with van der Waals surface area (Å²) in [5, 5.41) is 18.9. The van der Waals surface area contributed by atoms with Crippen LogP contribution in [0.1, 0.15) is 5.56 Å². The Balaban J connectivity index is 0.00000256. The fourth-order valence-electron chi connectivity index (χ4n) is 2.82. The van der Waals surface area contributed by atoms with Gasteiger partial charge in [-0.15, -0.1) is 10.2 Å². The molecule has 0 fully saturated rings. The van der Waals surface area contributed by atoms with Crippen LogP contribution in [-0.2, 0) is 20.2 Å². The number of phenols is 1. The van der Waals surface area contributed by atoms with Crippen molar-refractivity contribution in [2.24, 2.45) is 10.2 Å². The minimum Gasteiger partial charge on any atom is -0.506 e. The minimum absolute atomic E-state index is 0. The van der Waals surface area contributed by atoms with E-state index < -0.39 is 20.2 Å². The number of aromatic hydroxyl groups is 1. The monoisotopic (exact) mass is 498 g/mol. The zero-order valence-electron chi connectivity index (χ0n) is 17.6. The molecule has 0 unspecified atom stereocenters. The van der Waals surface area contributed by atoms with Gasteiger partial charge in [-0.2, -0.15) is 16.8 Å². The van der Waals surface area contributed by atoms with Crippen LogP contribution in [0.15, 0.2) is 62.5 Å². The Labute approximate surface area is 228 Å². The topological polar surface area (TPSA) is 163 Å². The number of phenolic OH excluding ortho intramolecular Hbond substituents is 1. The van der Waals surface area contributed by atoms with Crippen LogP contribution in [0, 0.1) is 6.92 Å². The number of azo groups is 1. The van der Waals surface area contributed by atoms with Crippen LogP contribution in [-0.4, -0.2) is 97.3 Å². The van der Waals surface area contributed by atoms with E-state index in [4.69, 9.17) is 4.74 Å². The number of fused-ring (bicyclic) bond motifs is 1. The van der Waals surface area contributed by atoms with Crippen LogP contribution in [0.25, 0.3) is 10.8 Å². The average Bonchev–Trinajstić information content (AvgIpc) is 2.65. The minimum atomic E-state index is -4.46. The number of ether oxygens (including phenoxy) is 1. The summed E-state index contributed by atoms with van der Waals surface area (Å²) < 4.78 is 69.2. The molecule has 3 aromatic rings. The standard InChI is InChI=1S/C18H16N2O8S2.2Na/c1-10-7-14(16(28-2)9-17(10)30(25,26)27)19-20-18-13-5-4-12(29(22,23)24)8-11(13)3-6-15(18)21;;/h3-9,21H,1-2H3,(H,22,23,24)(H,25,26,27);;. The van der Waals surface area contributed by atoms with Crippen molar-refractivity contribution in [3.05, 3.63) is 48.0 Å². The van der Waals surface area contributed by atoms with Gasteiger partial charge in [-0.05, 0) is 42.1 Å². The van der Waals surface area contributed by atoms with Crippen LogP contribution in [0.3, 0.4) is 0 Å². The molecule has 3 rings (SSSR count). The molecule has 2 radical (unpaired) electrons. The summed E-state index contributed by atoms with van der Waals surface area (Å²) in [5.41, 5.74) is 0.355. The molecule has 0 saturated carbocycles. The first-order valence-electron chi connectivity index (χ1n) is 8.23. The summed E-state index contributed by atoms with van der Waals surface area (Å²) in [6, 6.07) is 8.90. The van der Waals surface area contributed by atoms with E-state index in [1.807, 2.05) is 0 Å². The number of hydrogen-bond acceptors (Lipinski definition) is 8. The second-order valence-corrected chi connectivity index (χ2v) is 9.07. The zero-order chi connectivity index (χ0) is 22.3. The largest absolute Gasteiger partial charge is 0.506 e. The Morgan fingerprint density at radius 1 is 0.875 bits per heavy atom. The summed E-state index contributed by atoms with van der Waals surface area (Å²) in [6.07, 6.45) is 0.